The zero-order valence-corrected chi connectivity index (χ0v) is 8.82. The Morgan fingerprint density at radius 3 is 2.56 bits per heavy atom. The second-order valence-corrected chi connectivity index (χ2v) is 3.61. The van der Waals surface area contributed by atoms with Gasteiger partial charge in [0.15, 0.2) is 11.5 Å². The zero-order valence-electron chi connectivity index (χ0n) is 8.07. The Morgan fingerprint density at radius 2 is 2.00 bits per heavy atom. The zero-order chi connectivity index (χ0) is 11.7. The molecule has 0 fully saturated rings. The Balaban J connectivity index is 2.58. The molecule has 0 spiro atoms. The predicted octanol–water partition coefficient (Wildman–Crippen LogP) is 2.01. The van der Waals surface area contributed by atoms with Crippen molar-refractivity contribution in [2.45, 2.75) is 0 Å². The second kappa shape index (κ2) is 3.86. The third-order valence-electron chi connectivity index (χ3n) is 2.14. The number of aromatic carboxylic acids is 1. The number of benzene rings is 1. The number of hydrogen-bond acceptors (Lipinski definition) is 3. The van der Waals surface area contributed by atoms with E-state index in [1.165, 1.54) is 0 Å². The molecule has 1 aromatic heterocycles. The average Bonchev–Trinajstić information content (AvgIpc) is 2.62. The summed E-state index contributed by atoms with van der Waals surface area (Å²) in [7, 11) is 0. The maximum absolute atomic E-state index is 10.9. The summed E-state index contributed by atoms with van der Waals surface area (Å²) in [5.74, 6) is -0.950. The molecule has 0 aliphatic heterocycles. The number of aromatic nitrogens is 2. The third-order valence-corrected chi connectivity index (χ3v) is 2.39. The number of nitrogen functional groups attached to an aromatic ring is 1. The number of hydrogen-bond donors (Lipinski definition) is 3. The molecule has 0 atom stereocenters. The Hall–Kier alpha value is -2.01. The van der Waals surface area contributed by atoms with Crippen molar-refractivity contribution in [1.82, 2.24) is 10.2 Å². The van der Waals surface area contributed by atoms with Gasteiger partial charge in [0.2, 0.25) is 0 Å². The lowest BCUT2D eigenvalue weighted by atomic mass is 10.1. The van der Waals surface area contributed by atoms with Crippen LogP contribution in [0.15, 0.2) is 24.3 Å². The van der Waals surface area contributed by atoms with E-state index < -0.39 is 5.97 Å². The summed E-state index contributed by atoms with van der Waals surface area (Å²) >= 11 is 5.74. The fraction of sp³-hybridized carbons (Fsp3) is 0. The van der Waals surface area contributed by atoms with Gasteiger partial charge in [0, 0.05) is 5.02 Å². The minimum Gasteiger partial charge on any atom is -0.477 e. The van der Waals surface area contributed by atoms with Crippen molar-refractivity contribution in [1.29, 1.82) is 0 Å². The number of nitrogens with one attached hydrogen (secondary N) is 1. The van der Waals surface area contributed by atoms with Crippen molar-refractivity contribution < 1.29 is 9.90 Å². The van der Waals surface area contributed by atoms with Crippen molar-refractivity contribution in [3.63, 3.8) is 0 Å². The van der Waals surface area contributed by atoms with Gasteiger partial charge in [-0.3, -0.25) is 5.10 Å². The van der Waals surface area contributed by atoms with Crippen LogP contribution in [0.3, 0.4) is 0 Å². The van der Waals surface area contributed by atoms with Gasteiger partial charge < -0.3 is 10.8 Å². The van der Waals surface area contributed by atoms with Crippen LogP contribution in [0.4, 0.5) is 5.82 Å². The van der Waals surface area contributed by atoms with E-state index in [1.54, 1.807) is 24.3 Å². The van der Waals surface area contributed by atoms with Crippen molar-refractivity contribution in [2.75, 3.05) is 5.73 Å². The van der Waals surface area contributed by atoms with E-state index in [4.69, 9.17) is 22.4 Å². The van der Waals surface area contributed by atoms with Gasteiger partial charge in [-0.05, 0) is 17.7 Å². The van der Waals surface area contributed by atoms with Gasteiger partial charge >= 0.3 is 5.97 Å². The molecule has 0 saturated carbocycles. The first-order chi connectivity index (χ1) is 7.59. The maximum Gasteiger partial charge on any atom is 0.354 e. The number of nitrogens with two attached hydrogens (primary N) is 1. The van der Waals surface area contributed by atoms with Crippen LogP contribution >= 0.6 is 11.6 Å². The minimum atomic E-state index is -1.10. The molecule has 82 valence electrons. The fourth-order valence-corrected chi connectivity index (χ4v) is 1.55. The van der Waals surface area contributed by atoms with Crippen LogP contribution in [-0.4, -0.2) is 21.3 Å². The van der Waals surface area contributed by atoms with E-state index in [9.17, 15) is 4.79 Å². The Morgan fingerprint density at radius 1 is 1.38 bits per heavy atom. The van der Waals surface area contributed by atoms with Crippen LogP contribution in [0.2, 0.25) is 5.02 Å². The molecule has 0 amide bonds. The number of anilines is 1. The second-order valence-electron chi connectivity index (χ2n) is 3.17. The summed E-state index contributed by atoms with van der Waals surface area (Å²) in [5, 5.41) is 15.6. The number of carbonyl (C=O) groups is 1. The predicted molar refractivity (Wildman–Crippen MR) is 60.4 cm³/mol. The molecule has 2 rings (SSSR count). The largest absolute Gasteiger partial charge is 0.477 e. The van der Waals surface area contributed by atoms with Crippen molar-refractivity contribution in [2.24, 2.45) is 0 Å². The SMILES string of the molecule is Nc1n[nH]c(C(=O)O)c1-c1ccc(Cl)cc1. The number of carboxylic acids is 1. The average molecular weight is 238 g/mol. The lowest BCUT2D eigenvalue weighted by Gasteiger charge is -2.01. The first-order valence-electron chi connectivity index (χ1n) is 4.42. The smallest absolute Gasteiger partial charge is 0.354 e. The van der Waals surface area contributed by atoms with E-state index in [2.05, 4.69) is 10.2 Å². The number of aromatic amines is 1. The van der Waals surface area contributed by atoms with Gasteiger partial charge in [0.1, 0.15) is 0 Å². The topological polar surface area (TPSA) is 92.0 Å². The molecular formula is C10H8ClN3O2. The first kappa shape index (κ1) is 10.5. The molecule has 4 N–H and O–H groups in total. The summed E-state index contributed by atoms with van der Waals surface area (Å²) in [6.45, 7) is 0. The molecule has 0 bridgehead atoms. The summed E-state index contributed by atoms with van der Waals surface area (Å²) in [6.07, 6.45) is 0. The quantitative estimate of drug-likeness (QED) is 0.745. The van der Waals surface area contributed by atoms with E-state index in [0.29, 0.717) is 16.1 Å². The monoisotopic (exact) mass is 237 g/mol. The molecule has 6 heteroatoms. The van der Waals surface area contributed by atoms with Crippen molar-refractivity contribution in [3.05, 3.63) is 35.0 Å². The third kappa shape index (κ3) is 1.72. The van der Waals surface area contributed by atoms with Gasteiger partial charge in [0.05, 0.1) is 5.56 Å². The van der Waals surface area contributed by atoms with Crippen LogP contribution in [0.5, 0.6) is 0 Å². The number of nitrogens with zero attached hydrogens (tertiary/aromatic N) is 1. The lowest BCUT2D eigenvalue weighted by Crippen LogP contribution is -1.99. The highest BCUT2D eigenvalue weighted by molar-refractivity contribution is 6.30. The molecule has 0 saturated heterocycles. The van der Waals surface area contributed by atoms with Gasteiger partial charge in [-0.2, -0.15) is 5.10 Å². The van der Waals surface area contributed by atoms with Gasteiger partial charge in [-0.15, -0.1) is 0 Å². The molecule has 1 heterocycles. The molecule has 5 nitrogen and oxygen atoms in total. The Kier molecular flexibility index (Phi) is 2.54. The number of H-pyrrole nitrogens is 1. The Bertz CT molecular complexity index is 533. The summed E-state index contributed by atoms with van der Waals surface area (Å²) < 4.78 is 0. The minimum absolute atomic E-state index is 0.0279. The molecule has 2 aromatic rings. The van der Waals surface area contributed by atoms with E-state index >= 15 is 0 Å². The molecule has 16 heavy (non-hydrogen) atoms. The van der Waals surface area contributed by atoms with E-state index in [-0.39, 0.29) is 11.5 Å². The first-order valence-corrected chi connectivity index (χ1v) is 4.80. The van der Waals surface area contributed by atoms with E-state index in [1.807, 2.05) is 0 Å². The summed E-state index contributed by atoms with van der Waals surface area (Å²) in [4.78, 5) is 10.9. The number of halogens is 1. The molecule has 0 aliphatic carbocycles. The van der Waals surface area contributed by atoms with Gasteiger partial charge in [-0.25, -0.2) is 4.79 Å². The van der Waals surface area contributed by atoms with Crippen molar-refractivity contribution in [3.8, 4) is 11.1 Å². The molecular weight excluding hydrogens is 230 g/mol. The normalized spacial score (nSPS) is 10.3. The van der Waals surface area contributed by atoms with E-state index in [0.717, 1.165) is 0 Å². The maximum atomic E-state index is 10.9. The van der Waals surface area contributed by atoms with Gasteiger partial charge in [-0.1, -0.05) is 23.7 Å². The van der Waals surface area contributed by atoms with Gasteiger partial charge in [0.25, 0.3) is 0 Å². The highest BCUT2D eigenvalue weighted by Gasteiger charge is 2.18. The molecule has 0 aliphatic rings. The number of rotatable bonds is 2. The van der Waals surface area contributed by atoms with Crippen LogP contribution in [0.1, 0.15) is 10.5 Å². The van der Waals surface area contributed by atoms with Crippen LogP contribution in [0.25, 0.3) is 11.1 Å². The summed E-state index contributed by atoms with van der Waals surface area (Å²) in [5.41, 5.74) is 6.62. The van der Waals surface area contributed by atoms with Crippen LogP contribution < -0.4 is 5.73 Å². The van der Waals surface area contributed by atoms with Crippen molar-refractivity contribution >= 4 is 23.4 Å². The van der Waals surface area contributed by atoms with Crippen LogP contribution in [-0.2, 0) is 0 Å². The molecule has 0 radical (unpaired) electrons. The highest BCUT2D eigenvalue weighted by atomic mass is 35.5. The number of carboxylic acid groups (broad SMARTS) is 1. The van der Waals surface area contributed by atoms with Crippen LogP contribution in [0, 0.1) is 0 Å². The lowest BCUT2D eigenvalue weighted by molar-refractivity contribution is 0.0691. The standard InChI is InChI=1S/C10H8ClN3O2/c11-6-3-1-5(2-4-6)7-8(10(15)16)13-14-9(7)12/h1-4H,(H,15,16)(H3,12,13,14). The Labute approximate surface area is 95.8 Å². The summed E-state index contributed by atoms with van der Waals surface area (Å²) in [6, 6.07) is 6.70. The highest BCUT2D eigenvalue weighted by Crippen LogP contribution is 2.28. The molecule has 1 aromatic carbocycles. The fourth-order valence-electron chi connectivity index (χ4n) is 1.42. The molecule has 0 unspecified atom stereocenters.